The highest BCUT2D eigenvalue weighted by atomic mass is 32.2. The van der Waals surface area contributed by atoms with Crippen molar-refractivity contribution in [1.82, 2.24) is 15.3 Å². The highest BCUT2D eigenvalue weighted by Crippen LogP contribution is 2.29. The van der Waals surface area contributed by atoms with E-state index in [2.05, 4.69) is 20.6 Å². The van der Waals surface area contributed by atoms with Crippen LogP contribution >= 0.6 is 11.8 Å². The Morgan fingerprint density at radius 1 is 1.35 bits per heavy atom. The lowest BCUT2D eigenvalue weighted by Gasteiger charge is -2.08. The minimum absolute atomic E-state index is 0.0723. The largest absolute Gasteiger partial charge is 0.441 e. The summed E-state index contributed by atoms with van der Waals surface area (Å²) in [5.41, 5.74) is -4.21. The molecular formula is C11H15F3N4OS. The molecule has 112 valence electrons. The van der Waals surface area contributed by atoms with Crippen LogP contribution in [0.5, 0.6) is 0 Å². The summed E-state index contributed by atoms with van der Waals surface area (Å²) in [7, 11) is 0. The number of rotatable bonds is 7. The third kappa shape index (κ3) is 6.60. The number of thioether (sulfide) groups is 1. The molecule has 0 atom stereocenters. The first-order valence-electron chi connectivity index (χ1n) is 5.97. The van der Waals surface area contributed by atoms with Gasteiger partial charge >= 0.3 is 5.51 Å². The fourth-order valence-electron chi connectivity index (χ4n) is 1.24. The van der Waals surface area contributed by atoms with E-state index in [0.29, 0.717) is 12.4 Å². The smallest absolute Gasteiger partial charge is 0.369 e. The Morgan fingerprint density at radius 3 is 2.75 bits per heavy atom. The molecule has 0 saturated carbocycles. The highest BCUT2D eigenvalue weighted by Gasteiger charge is 2.27. The molecule has 0 aliphatic carbocycles. The summed E-state index contributed by atoms with van der Waals surface area (Å²) in [5.74, 6) is -0.319. The van der Waals surface area contributed by atoms with E-state index in [0.717, 1.165) is 6.42 Å². The Bertz CT molecular complexity index is 442. The van der Waals surface area contributed by atoms with Crippen LogP contribution in [0.25, 0.3) is 0 Å². The van der Waals surface area contributed by atoms with Crippen molar-refractivity contribution in [2.24, 2.45) is 0 Å². The lowest BCUT2D eigenvalue weighted by Crippen LogP contribution is -2.27. The van der Waals surface area contributed by atoms with Crippen LogP contribution in [0.1, 0.15) is 23.8 Å². The summed E-state index contributed by atoms with van der Waals surface area (Å²) in [5, 5.41) is 5.34. The number of aromatic nitrogens is 2. The van der Waals surface area contributed by atoms with E-state index in [1.165, 1.54) is 12.4 Å². The first-order valence-corrected chi connectivity index (χ1v) is 6.95. The Labute approximate surface area is 118 Å². The van der Waals surface area contributed by atoms with Crippen LogP contribution in [0, 0.1) is 0 Å². The van der Waals surface area contributed by atoms with Crippen LogP contribution in [0.15, 0.2) is 12.4 Å². The number of amides is 1. The summed E-state index contributed by atoms with van der Waals surface area (Å²) in [6.45, 7) is 2.59. The number of anilines is 1. The van der Waals surface area contributed by atoms with Gasteiger partial charge in [-0.3, -0.25) is 9.78 Å². The third-order valence-corrected chi connectivity index (χ3v) is 2.81. The van der Waals surface area contributed by atoms with Gasteiger partial charge in [0.15, 0.2) is 0 Å². The standard InChI is InChI=1S/C11H15F3N4OS/c1-2-3-16-9-7-15-6-8(18-9)10(19)17-4-5-20-11(12,13)14/h6-7H,2-5H2,1H3,(H,16,18)(H,17,19). The lowest BCUT2D eigenvalue weighted by molar-refractivity contribution is -0.0327. The van der Waals surface area contributed by atoms with Crippen LogP contribution in [-0.4, -0.2) is 40.2 Å². The number of nitrogens with zero attached hydrogens (tertiary/aromatic N) is 2. The predicted molar refractivity (Wildman–Crippen MR) is 71.7 cm³/mol. The van der Waals surface area contributed by atoms with Crippen LogP contribution in [0.4, 0.5) is 19.0 Å². The van der Waals surface area contributed by atoms with Gasteiger partial charge in [0.25, 0.3) is 5.91 Å². The van der Waals surface area contributed by atoms with E-state index in [4.69, 9.17) is 0 Å². The molecule has 0 saturated heterocycles. The fraction of sp³-hybridized carbons (Fsp3) is 0.545. The third-order valence-electron chi connectivity index (χ3n) is 2.08. The SMILES string of the molecule is CCCNc1cncc(C(=O)NCCSC(F)(F)F)n1. The average Bonchev–Trinajstić information content (AvgIpc) is 2.40. The number of carbonyl (C=O) groups is 1. The first kappa shape index (κ1) is 16.5. The summed E-state index contributed by atoms with van der Waals surface area (Å²) in [6.07, 6.45) is 3.64. The Morgan fingerprint density at radius 2 is 2.10 bits per heavy atom. The molecule has 0 spiro atoms. The fourth-order valence-corrected chi connectivity index (χ4v) is 1.67. The summed E-state index contributed by atoms with van der Waals surface area (Å²) in [6, 6.07) is 0. The van der Waals surface area contributed by atoms with Crippen LogP contribution in [0.2, 0.25) is 0 Å². The molecule has 5 nitrogen and oxygen atoms in total. The minimum Gasteiger partial charge on any atom is -0.369 e. The number of alkyl halides is 3. The van der Waals surface area contributed by atoms with Gasteiger partial charge in [-0.15, -0.1) is 0 Å². The molecule has 9 heteroatoms. The lowest BCUT2D eigenvalue weighted by atomic mass is 10.4. The van der Waals surface area contributed by atoms with Gasteiger partial charge < -0.3 is 10.6 Å². The normalized spacial score (nSPS) is 11.2. The second-order valence-corrected chi connectivity index (χ2v) is 4.93. The van der Waals surface area contributed by atoms with E-state index in [1.54, 1.807) is 0 Å². The van der Waals surface area contributed by atoms with Gasteiger partial charge in [-0.1, -0.05) is 6.92 Å². The highest BCUT2D eigenvalue weighted by molar-refractivity contribution is 8.00. The van der Waals surface area contributed by atoms with Crippen molar-refractivity contribution in [3.8, 4) is 0 Å². The van der Waals surface area contributed by atoms with Gasteiger partial charge in [-0.05, 0) is 18.2 Å². The Balaban J connectivity index is 2.43. The first-order chi connectivity index (χ1) is 9.42. The van der Waals surface area contributed by atoms with Crippen molar-refractivity contribution in [1.29, 1.82) is 0 Å². The van der Waals surface area contributed by atoms with Gasteiger partial charge in [-0.2, -0.15) is 13.2 Å². The van der Waals surface area contributed by atoms with Gasteiger partial charge in [-0.25, -0.2) is 4.98 Å². The molecule has 0 aliphatic rings. The molecule has 20 heavy (non-hydrogen) atoms. The van der Waals surface area contributed by atoms with E-state index in [1.807, 2.05) is 6.92 Å². The Kier molecular flexibility index (Phi) is 6.56. The predicted octanol–water partition coefficient (Wildman–Crippen LogP) is 2.28. The number of nitrogens with one attached hydrogen (secondary N) is 2. The van der Waals surface area contributed by atoms with E-state index < -0.39 is 11.4 Å². The zero-order valence-corrected chi connectivity index (χ0v) is 11.6. The average molecular weight is 308 g/mol. The van der Waals surface area contributed by atoms with Crippen molar-refractivity contribution < 1.29 is 18.0 Å². The Hall–Kier alpha value is -1.51. The number of carbonyl (C=O) groups excluding carboxylic acids is 1. The maximum atomic E-state index is 11.9. The van der Waals surface area contributed by atoms with Gasteiger partial charge in [0.1, 0.15) is 11.5 Å². The maximum absolute atomic E-state index is 11.9. The van der Waals surface area contributed by atoms with E-state index in [-0.39, 0.29) is 29.8 Å². The molecule has 1 amide bonds. The molecule has 0 aliphatic heterocycles. The number of halogens is 3. The number of hydrogen-bond acceptors (Lipinski definition) is 5. The quantitative estimate of drug-likeness (QED) is 0.757. The molecule has 2 N–H and O–H groups in total. The molecule has 0 radical (unpaired) electrons. The van der Waals surface area contributed by atoms with E-state index in [9.17, 15) is 18.0 Å². The van der Waals surface area contributed by atoms with Crippen molar-refractivity contribution in [2.75, 3.05) is 24.2 Å². The maximum Gasteiger partial charge on any atom is 0.441 e. The minimum atomic E-state index is -4.28. The van der Waals surface area contributed by atoms with Crippen molar-refractivity contribution in [3.05, 3.63) is 18.1 Å². The molecule has 0 bridgehead atoms. The molecular weight excluding hydrogens is 293 g/mol. The zero-order chi connectivity index (χ0) is 15.0. The molecule has 1 aromatic rings. The summed E-state index contributed by atoms with van der Waals surface area (Å²) in [4.78, 5) is 19.5. The summed E-state index contributed by atoms with van der Waals surface area (Å²) >= 11 is -0.178. The van der Waals surface area contributed by atoms with Gasteiger partial charge in [0.05, 0.1) is 12.4 Å². The molecule has 0 unspecified atom stereocenters. The second kappa shape index (κ2) is 7.93. The van der Waals surface area contributed by atoms with Crippen LogP contribution in [0.3, 0.4) is 0 Å². The second-order valence-electron chi connectivity index (χ2n) is 3.77. The van der Waals surface area contributed by atoms with Gasteiger partial charge in [0, 0.05) is 18.8 Å². The van der Waals surface area contributed by atoms with Crippen LogP contribution < -0.4 is 10.6 Å². The molecule has 0 fully saturated rings. The monoisotopic (exact) mass is 308 g/mol. The van der Waals surface area contributed by atoms with Gasteiger partial charge in [0.2, 0.25) is 0 Å². The zero-order valence-electron chi connectivity index (χ0n) is 10.8. The molecule has 1 aromatic heterocycles. The summed E-state index contributed by atoms with van der Waals surface area (Å²) < 4.78 is 35.7. The van der Waals surface area contributed by atoms with E-state index >= 15 is 0 Å². The van der Waals surface area contributed by atoms with Crippen molar-refractivity contribution in [3.63, 3.8) is 0 Å². The molecule has 1 heterocycles. The van der Waals surface area contributed by atoms with Crippen molar-refractivity contribution in [2.45, 2.75) is 18.9 Å². The topological polar surface area (TPSA) is 66.9 Å². The number of hydrogen-bond donors (Lipinski definition) is 2. The molecule has 1 rings (SSSR count). The molecule has 0 aromatic carbocycles. The van der Waals surface area contributed by atoms with Crippen LogP contribution in [-0.2, 0) is 0 Å². The van der Waals surface area contributed by atoms with Crippen molar-refractivity contribution >= 4 is 23.5 Å².